The Balaban J connectivity index is 1.61. The number of amides is 1. The fourth-order valence-corrected chi connectivity index (χ4v) is 3.05. The molecule has 1 aromatic carbocycles. The van der Waals surface area contributed by atoms with Gasteiger partial charge in [0.05, 0.1) is 10.7 Å². The average Bonchev–Trinajstić information content (AvgIpc) is 3.02. The molecule has 0 atom stereocenters. The van der Waals surface area contributed by atoms with Gasteiger partial charge in [-0.2, -0.15) is 0 Å². The van der Waals surface area contributed by atoms with Gasteiger partial charge in [-0.1, -0.05) is 30.3 Å². The number of carbonyl (C=O) groups is 1. The SMILES string of the molecule is Cc1nc(-c2ccccc2)c(C(=O)NCCNc2ncccn2)s1. The van der Waals surface area contributed by atoms with Crippen molar-refractivity contribution in [2.24, 2.45) is 0 Å². The van der Waals surface area contributed by atoms with Crippen LogP contribution in [0.1, 0.15) is 14.7 Å². The van der Waals surface area contributed by atoms with Gasteiger partial charge in [0, 0.05) is 31.0 Å². The van der Waals surface area contributed by atoms with Gasteiger partial charge >= 0.3 is 0 Å². The van der Waals surface area contributed by atoms with Crippen molar-refractivity contribution in [2.45, 2.75) is 6.92 Å². The van der Waals surface area contributed by atoms with Crippen LogP contribution in [-0.2, 0) is 0 Å². The van der Waals surface area contributed by atoms with E-state index in [2.05, 4.69) is 25.6 Å². The van der Waals surface area contributed by atoms with Gasteiger partial charge in [0.25, 0.3) is 5.91 Å². The lowest BCUT2D eigenvalue weighted by atomic mass is 10.1. The number of nitrogens with one attached hydrogen (secondary N) is 2. The predicted octanol–water partition coefficient (Wildman–Crippen LogP) is 2.75. The molecule has 24 heavy (non-hydrogen) atoms. The lowest BCUT2D eigenvalue weighted by molar-refractivity contribution is 0.0959. The van der Waals surface area contributed by atoms with Crippen LogP contribution in [0, 0.1) is 6.92 Å². The number of rotatable bonds is 6. The zero-order chi connectivity index (χ0) is 16.8. The van der Waals surface area contributed by atoms with Gasteiger partial charge in [0.2, 0.25) is 5.95 Å². The molecule has 7 heteroatoms. The van der Waals surface area contributed by atoms with E-state index in [9.17, 15) is 4.79 Å². The summed E-state index contributed by atoms with van der Waals surface area (Å²) in [7, 11) is 0. The van der Waals surface area contributed by atoms with Crippen LogP contribution < -0.4 is 10.6 Å². The molecule has 2 aromatic heterocycles. The molecule has 3 aromatic rings. The molecule has 0 aliphatic rings. The Morgan fingerprint density at radius 3 is 2.58 bits per heavy atom. The van der Waals surface area contributed by atoms with E-state index < -0.39 is 0 Å². The second-order valence-corrected chi connectivity index (χ2v) is 6.23. The van der Waals surface area contributed by atoms with E-state index in [1.54, 1.807) is 18.5 Å². The van der Waals surface area contributed by atoms with Gasteiger partial charge in [-0.3, -0.25) is 4.79 Å². The van der Waals surface area contributed by atoms with Crippen molar-refractivity contribution in [3.05, 3.63) is 58.7 Å². The lowest BCUT2D eigenvalue weighted by Crippen LogP contribution is -2.28. The smallest absolute Gasteiger partial charge is 0.263 e. The van der Waals surface area contributed by atoms with E-state index in [0.717, 1.165) is 16.3 Å². The molecular weight excluding hydrogens is 322 g/mol. The zero-order valence-electron chi connectivity index (χ0n) is 13.2. The second-order valence-electron chi connectivity index (χ2n) is 5.03. The number of hydrogen-bond acceptors (Lipinski definition) is 6. The van der Waals surface area contributed by atoms with Crippen LogP contribution in [0.4, 0.5) is 5.95 Å². The Kier molecular flexibility index (Phi) is 5.12. The lowest BCUT2D eigenvalue weighted by Gasteiger charge is -2.06. The van der Waals surface area contributed by atoms with Crippen LogP contribution in [0.25, 0.3) is 11.3 Å². The van der Waals surface area contributed by atoms with E-state index in [1.165, 1.54) is 11.3 Å². The maximum absolute atomic E-state index is 12.5. The molecule has 0 aliphatic carbocycles. The molecule has 0 saturated heterocycles. The number of benzene rings is 1. The summed E-state index contributed by atoms with van der Waals surface area (Å²) in [5.74, 6) is 0.431. The van der Waals surface area contributed by atoms with Crippen molar-refractivity contribution in [3.8, 4) is 11.3 Å². The largest absolute Gasteiger partial charge is 0.352 e. The van der Waals surface area contributed by atoms with Crippen molar-refractivity contribution in [1.29, 1.82) is 0 Å². The number of anilines is 1. The Morgan fingerprint density at radius 1 is 1.08 bits per heavy atom. The highest BCUT2D eigenvalue weighted by Crippen LogP contribution is 2.27. The molecule has 0 fully saturated rings. The van der Waals surface area contributed by atoms with E-state index in [1.807, 2.05) is 37.3 Å². The summed E-state index contributed by atoms with van der Waals surface area (Å²) in [4.78, 5) is 25.7. The van der Waals surface area contributed by atoms with Crippen LogP contribution in [0.3, 0.4) is 0 Å². The first-order valence-corrected chi connectivity index (χ1v) is 8.37. The van der Waals surface area contributed by atoms with Crippen molar-refractivity contribution in [3.63, 3.8) is 0 Å². The molecule has 2 N–H and O–H groups in total. The topological polar surface area (TPSA) is 79.8 Å². The van der Waals surface area contributed by atoms with Crippen molar-refractivity contribution < 1.29 is 4.79 Å². The van der Waals surface area contributed by atoms with E-state index in [4.69, 9.17) is 0 Å². The van der Waals surface area contributed by atoms with Crippen molar-refractivity contribution in [2.75, 3.05) is 18.4 Å². The molecular formula is C17H17N5OS. The highest BCUT2D eigenvalue weighted by Gasteiger charge is 2.17. The first kappa shape index (κ1) is 16.1. The summed E-state index contributed by atoms with van der Waals surface area (Å²) >= 11 is 1.40. The molecule has 1 amide bonds. The minimum absolute atomic E-state index is 0.116. The molecule has 0 radical (unpaired) electrons. The fourth-order valence-electron chi connectivity index (χ4n) is 2.19. The fraction of sp³-hybridized carbons (Fsp3) is 0.176. The molecule has 122 valence electrons. The summed E-state index contributed by atoms with van der Waals surface area (Å²) < 4.78 is 0. The minimum Gasteiger partial charge on any atom is -0.352 e. The maximum Gasteiger partial charge on any atom is 0.263 e. The van der Waals surface area contributed by atoms with Gasteiger partial charge < -0.3 is 10.6 Å². The summed E-state index contributed by atoms with van der Waals surface area (Å²) in [6.45, 7) is 2.93. The molecule has 0 bridgehead atoms. The highest BCUT2D eigenvalue weighted by atomic mass is 32.1. The van der Waals surface area contributed by atoms with Crippen LogP contribution in [0.5, 0.6) is 0 Å². The Morgan fingerprint density at radius 2 is 1.83 bits per heavy atom. The first-order chi connectivity index (χ1) is 11.7. The van der Waals surface area contributed by atoms with E-state index in [-0.39, 0.29) is 5.91 Å². The zero-order valence-corrected chi connectivity index (χ0v) is 14.0. The molecule has 2 heterocycles. The van der Waals surface area contributed by atoms with Gasteiger partial charge in [-0.05, 0) is 13.0 Å². The Bertz CT molecular complexity index is 804. The van der Waals surface area contributed by atoms with E-state index >= 15 is 0 Å². The second kappa shape index (κ2) is 7.65. The normalized spacial score (nSPS) is 10.4. The monoisotopic (exact) mass is 339 g/mol. The number of carbonyl (C=O) groups excluding carboxylic acids is 1. The highest BCUT2D eigenvalue weighted by molar-refractivity contribution is 7.14. The molecule has 0 saturated carbocycles. The molecule has 0 aliphatic heterocycles. The van der Waals surface area contributed by atoms with E-state index in [0.29, 0.717) is 23.9 Å². The summed E-state index contributed by atoms with van der Waals surface area (Å²) in [5, 5.41) is 6.83. The van der Waals surface area contributed by atoms with Crippen LogP contribution >= 0.6 is 11.3 Å². The number of aromatic nitrogens is 3. The van der Waals surface area contributed by atoms with Crippen LogP contribution in [-0.4, -0.2) is 33.9 Å². The third kappa shape index (κ3) is 3.94. The number of nitrogens with zero attached hydrogens (tertiary/aromatic N) is 3. The third-order valence-electron chi connectivity index (χ3n) is 3.25. The van der Waals surface area contributed by atoms with Crippen molar-refractivity contribution >= 4 is 23.2 Å². The third-order valence-corrected chi connectivity index (χ3v) is 4.22. The van der Waals surface area contributed by atoms with Crippen molar-refractivity contribution in [1.82, 2.24) is 20.3 Å². The van der Waals surface area contributed by atoms with Crippen LogP contribution in [0.15, 0.2) is 48.8 Å². The number of hydrogen-bond donors (Lipinski definition) is 2. The summed E-state index contributed by atoms with van der Waals surface area (Å²) in [5.41, 5.74) is 1.68. The van der Waals surface area contributed by atoms with Gasteiger partial charge in [0.15, 0.2) is 0 Å². The molecule has 3 rings (SSSR count). The maximum atomic E-state index is 12.5. The minimum atomic E-state index is -0.116. The predicted molar refractivity (Wildman–Crippen MR) is 95.1 cm³/mol. The Hall–Kier alpha value is -2.80. The molecule has 0 unspecified atom stereocenters. The standard InChI is InChI=1S/C17H17N5OS/c1-12-22-14(13-6-3-2-4-7-13)15(24-12)16(23)18-10-11-21-17-19-8-5-9-20-17/h2-9H,10-11H2,1H3,(H,18,23)(H,19,20,21). The van der Waals surface area contributed by atoms with Gasteiger partial charge in [-0.25, -0.2) is 15.0 Å². The molecule has 0 spiro atoms. The van der Waals surface area contributed by atoms with Gasteiger partial charge in [-0.15, -0.1) is 11.3 Å². The first-order valence-electron chi connectivity index (χ1n) is 7.56. The quantitative estimate of drug-likeness (QED) is 0.675. The average molecular weight is 339 g/mol. The number of aryl methyl sites for hydroxylation is 1. The van der Waals surface area contributed by atoms with Crippen LogP contribution in [0.2, 0.25) is 0 Å². The summed E-state index contributed by atoms with van der Waals surface area (Å²) in [6.07, 6.45) is 3.33. The molecule has 6 nitrogen and oxygen atoms in total. The Labute approximate surface area is 144 Å². The summed E-state index contributed by atoms with van der Waals surface area (Å²) in [6, 6.07) is 11.5. The van der Waals surface area contributed by atoms with Gasteiger partial charge in [0.1, 0.15) is 4.88 Å². The number of thiazole rings is 1.